The lowest BCUT2D eigenvalue weighted by atomic mass is 9.98. The van der Waals surface area contributed by atoms with Gasteiger partial charge < -0.3 is 10.2 Å². The number of nitrogens with zero attached hydrogens (tertiary/aromatic N) is 3. The fourth-order valence-electron chi connectivity index (χ4n) is 2.89. The Kier molecular flexibility index (Phi) is 4.17. The smallest absolute Gasteiger partial charge is 0.225 e. The number of aryl methyl sites for hydroxylation is 2. The molecule has 1 atom stereocenters. The van der Waals surface area contributed by atoms with Gasteiger partial charge in [-0.05, 0) is 45.2 Å². The third-order valence-electron chi connectivity index (χ3n) is 3.71. The Morgan fingerprint density at radius 2 is 1.72 bits per heavy atom. The van der Waals surface area contributed by atoms with Crippen molar-refractivity contribution >= 4 is 5.95 Å². The first-order chi connectivity index (χ1) is 8.63. The van der Waals surface area contributed by atoms with Gasteiger partial charge in [0, 0.05) is 31.0 Å². The van der Waals surface area contributed by atoms with E-state index in [1.807, 2.05) is 7.05 Å². The predicted octanol–water partition coefficient (Wildman–Crippen LogP) is 2.02. The predicted molar refractivity (Wildman–Crippen MR) is 75.3 cm³/mol. The molecule has 4 heteroatoms. The molecular formula is C14H24N4. The Balaban J connectivity index is 2.28. The van der Waals surface area contributed by atoms with E-state index in [0.717, 1.165) is 37.0 Å². The molecular weight excluding hydrogens is 224 g/mol. The summed E-state index contributed by atoms with van der Waals surface area (Å²) in [6, 6.07) is 0. The molecule has 2 heterocycles. The number of anilines is 1. The molecule has 1 unspecified atom stereocenters. The summed E-state index contributed by atoms with van der Waals surface area (Å²) in [5, 5.41) is 3.22. The molecule has 1 N–H and O–H groups in total. The quantitative estimate of drug-likeness (QED) is 0.885. The molecule has 0 bridgehead atoms. The zero-order valence-electron chi connectivity index (χ0n) is 12.0. The molecule has 1 aromatic rings. The van der Waals surface area contributed by atoms with Crippen molar-refractivity contribution in [2.75, 3.05) is 31.6 Å². The highest BCUT2D eigenvalue weighted by molar-refractivity contribution is 5.38. The van der Waals surface area contributed by atoms with E-state index >= 15 is 0 Å². The van der Waals surface area contributed by atoms with Crippen LogP contribution in [0, 0.1) is 13.8 Å². The van der Waals surface area contributed by atoms with Crippen LogP contribution >= 0.6 is 0 Å². The Labute approximate surface area is 110 Å². The van der Waals surface area contributed by atoms with Crippen LogP contribution in [0.15, 0.2) is 0 Å². The average Bonchev–Trinajstić information content (AvgIpc) is 2.81. The fourth-order valence-corrected chi connectivity index (χ4v) is 2.89. The number of rotatable bonds is 4. The normalized spacial score (nSPS) is 17.2. The molecule has 0 aromatic carbocycles. The highest BCUT2D eigenvalue weighted by Crippen LogP contribution is 2.24. The standard InChI is InChI=1S/C14H24N4/c1-10(9-15-4)13-11(2)16-14(17-12(13)3)18-7-5-6-8-18/h10,15H,5-9H2,1-4H3. The summed E-state index contributed by atoms with van der Waals surface area (Å²) in [4.78, 5) is 11.7. The van der Waals surface area contributed by atoms with Gasteiger partial charge in [0.05, 0.1) is 0 Å². The van der Waals surface area contributed by atoms with Gasteiger partial charge in [-0.3, -0.25) is 0 Å². The zero-order valence-corrected chi connectivity index (χ0v) is 12.0. The second-order valence-electron chi connectivity index (χ2n) is 5.26. The maximum Gasteiger partial charge on any atom is 0.225 e. The number of likely N-dealkylation sites (N-methyl/N-ethyl adjacent to an activating group) is 1. The molecule has 1 aliphatic rings. The number of aromatic nitrogens is 2. The SMILES string of the molecule is CNCC(C)c1c(C)nc(N2CCCC2)nc1C. The van der Waals surface area contributed by atoms with Crippen molar-refractivity contribution in [3.05, 3.63) is 17.0 Å². The van der Waals surface area contributed by atoms with Crippen molar-refractivity contribution in [3.63, 3.8) is 0 Å². The van der Waals surface area contributed by atoms with Crippen molar-refractivity contribution in [3.8, 4) is 0 Å². The molecule has 0 saturated carbocycles. The molecule has 1 aliphatic heterocycles. The molecule has 4 nitrogen and oxygen atoms in total. The van der Waals surface area contributed by atoms with Crippen LogP contribution in [-0.2, 0) is 0 Å². The molecule has 0 aliphatic carbocycles. The van der Waals surface area contributed by atoms with E-state index in [-0.39, 0.29) is 0 Å². The first-order valence-corrected chi connectivity index (χ1v) is 6.88. The van der Waals surface area contributed by atoms with E-state index in [9.17, 15) is 0 Å². The largest absolute Gasteiger partial charge is 0.341 e. The summed E-state index contributed by atoms with van der Waals surface area (Å²) in [5.74, 6) is 1.38. The highest BCUT2D eigenvalue weighted by Gasteiger charge is 2.19. The minimum atomic E-state index is 0.461. The molecule has 100 valence electrons. The van der Waals surface area contributed by atoms with Gasteiger partial charge in [-0.1, -0.05) is 6.92 Å². The number of nitrogens with one attached hydrogen (secondary N) is 1. The van der Waals surface area contributed by atoms with E-state index in [2.05, 4.69) is 31.0 Å². The lowest BCUT2D eigenvalue weighted by Crippen LogP contribution is -2.23. The van der Waals surface area contributed by atoms with Gasteiger partial charge in [0.25, 0.3) is 0 Å². The highest BCUT2D eigenvalue weighted by atomic mass is 15.3. The Bertz CT molecular complexity index is 387. The summed E-state index contributed by atoms with van der Waals surface area (Å²) < 4.78 is 0. The van der Waals surface area contributed by atoms with Gasteiger partial charge >= 0.3 is 0 Å². The number of hydrogen-bond donors (Lipinski definition) is 1. The molecule has 0 amide bonds. The van der Waals surface area contributed by atoms with Crippen molar-refractivity contribution in [1.82, 2.24) is 15.3 Å². The van der Waals surface area contributed by atoms with E-state index in [1.54, 1.807) is 0 Å². The molecule has 1 fully saturated rings. The molecule has 0 radical (unpaired) electrons. The van der Waals surface area contributed by atoms with Gasteiger partial charge in [-0.25, -0.2) is 9.97 Å². The minimum absolute atomic E-state index is 0.461. The number of hydrogen-bond acceptors (Lipinski definition) is 4. The van der Waals surface area contributed by atoms with Gasteiger partial charge in [0.1, 0.15) is 0 Å². The zero-order chi connectivity index (χ0) is 13.1. The second-order valence-corrected chi connectivity index (χ2v) is 5.26. The van der Waals surface area contributed by atoms with Gasteiger partial charge in [0.2, 0.25) is 5.95 Å². The van der Waals surface area contributed by atoms with Gasteiger partial charge in [0.15, 0.2) is 0 Å². The average molecular weight is 248 g/mol. The first-order valence-electron chi connectivity index (χ1n) is 6.88. The van der Waals surface area contributed by atoms with E-state index in [1.165, 1.54) is 18.4 Å². The Hall–Kier alpha value is -1.16. The molecule has 0 spiro atoms. The van der Waals surface area contributed by atoms with Crippen LogP contribution in [0.4, 0.5) is 5.95 Å². The molecule has 1 aromatic heterocycles. The summed E-state index contributed by atoms with van der Waals surface area (Å²) in [6.07, 6.45) is 2.53. The molecule has 1 saturated heterocycles. The summed E-state index contributed by atoms with van der Waals surface area (Å²) >= 11 is 0. The van der Waals surface area contributed by atoms with Gasteiger partial charge in [-0.2, -0.15) is 0 Å². The fraction of sp³-hybridized carbons (Fsp3) is 0.714. The minimum Gasteiger partial charge on any atom is -0.341 e. The summed E-state index contributed by atoms with van der Waals surface area (Å²) in [5.41, 5.74) is 3.56. The Morgan fingerprint density at radius 1 is 1.17 bits per heavy atom. The van der Waals surface area contributed by atoms with Crippen molar-refractivity contribution < 1.29 is 0 Å². The maximum atomic E-state index is 4.71. The first kappa shape index (κ1) is 13.3. The third-order valence-corrected chi connectivity index (χ3v) is 3.71. The van der Waals surface area contributed by atoms with Gasteiger partial charge in [-0.15, -0.1) is 0 Å². The summed E-state index contributed by atoms with van der Waals surface area (Å²) in [7, 11) is 1.99. The van der Waals surface area contributed by atoms with Crippen LogP contribution in [0.3, 0.4) is 0 Å². The summed E-state index contributed by atoms with van der Waals surface area (Å²) in [6.45, 7) is 9.61. The topological polar surface area (TPSA) is 41.1 Å². The lowest BCUT2D eigenvalue weighted by Gasteiger charge is -2.21. The Morgan fingerprint density at radius 3 is 2.22 bits per heavy atom. The third kappa shape index (κ3) is 2.64. The monoisotopic (exact) mass is 248 g/mol. The van der Waals surface area contributed by atoms with Crippen molar-refractivity contribution in [2.45, 2.75) is 39.5 Å². The van der Waals surface area contributed by atoms with Crippen LogP contribution < -0.4 is 10.2 Å². The lowest BCUT2D eigenvalue weighted by molar-refractivity contribution is 0.661. The van der Waals surface area contributed by atoms with Crippen LogP contribution in [0.2, 0.25) is 0 Å². The van der Waals surface area contributed by atoms with E-state index in [4.69, 9.17) is 9.97 Å². The van der Waals surface area contributed by atoms with Crippen LogP contribution in [-0.4, -0.2) is 36.6 Å². The van der Waals surface area contributed by atoms with Crippen molar-refractivity contribution in [2.24, 2.45) is 0 Å². The maximum absolute atomic E-state index is 4.71. The second kappa shape index (κ2) is 5.65. The molecule has 2 rings (SSSR count). The van der Waals surface area contributed by atoms with Crippen LogP contribution in [0.5, 0.6) is 0 Å². The van der Waals surface area contributed by atoms with Crippen molar-refractivity contribution in [1.29, 1.82) is 0 Å². The van der Waals surface area contributed by atoms with Crippen LogP contribution in [0.25, 0.3) is 0 Å². The molecule has 18 heavy (non-hydrogen) atoms. The van der Waals surface area contributed by atoms with E-state index < -0.39 is 0 Å². The van der Waals surface area contributed by atoms with E-state index in [0.29, 0.717) is 5.92 Å². The van der Waals surface area contributed by atoms with Crippen LogP contribution in [0.1, 0.15) is 42.6 Å².